The van der Waals surface area contributed by atoms with Gasteiger partial charge in [0.25, 0.3) is 0 Å². The Labute approximate surface area is 148 Å². The molecular weight excluding hydrogens is 302 g/mol. The highest BCUT2D eigenvalue weighted by atomic mass is 16.4. The molecule has 0 aromatic heterocycles. The molecule has 0 saturated heterocycles. The van der Waals surface area contributed by atoms with E-state index in [0.717, 1.165) is 44.9 Å². The van der Waals surface area contributed by atoms with Gasteiger partial charge in [0.15, 0.2) is 0 Å². The third kappa shape index (κ3) is 17.0. The van der Waals surface area contributed by atoms with Crippen molar-refractivity contribution in [2.75, 3.05) is 14.1 Å². The van der Waals surface area contributed by atoms with E-state index in [2.05, 4.69) is 12.2 Å². The summed E-state index contributed by atoms with van der Waals surface area (Å²) in [4.78, 5) is 23.4. The standard InChI is InChI=1S/C20H37NO3/c1-21(2)19(22)17-15-13-11-9-7-5-3-4-6-8-10-12-14-16-18-20(23)24/h3-4H,5-18H2,1-2H3,(H,23,24)/b4-3+. The second-order valence-electron chi connectivity index (χ2n) is 6.77. The van der Waals surface area contributed by atoms with Gasteiger partial charge in [0.05, 0.1) is 0 Å². The second-order valence-corrected chi connectivity index (χ2v) is 6.77. The molecule has 0 heterocycles. The number of hydrogen-bond donors (Lipinski definition) is 1. The highest BCUT2D eigenvalue weighted by molar-refractivity contribution is 5.75. The fourth-order valence-corrected chi connectivity index (χ4v) is 2.60. The van der Waals surface area contributed by atoms with Gasteiger partial charge in [0.1, 0.15) is 0 Å². The topological polar surface area (TPSA) is 57.6 Å². The molecule has 0 fully saturated rings. The van der Waals surface area contributed by atoms with Crippen LogP contribution in [0.4, 0.5) is 0 Å². The normalized spacial score (nSPS) is 11.1. The van der Waals surface area contributed by atoms with Crippen molar-refractivity contribution in [2.45, 2.75) is 89.9 Å². The van der Waals surface area contributed by atoms with Crippen molar-refractivity contribution in [2.24, 2.45) is 0 Å². The summed E-state index contributed by atoms with van der Waals surface area (Å²) in [5.41, 5.74) is 0. The van der Waals surface area contributed by atoms with Crippen LogP contribution in [0.1, 0.15) is 89.9 Å². The number of carbonyl (C=O) groups excluding carboxylic acids is 1. The Morgan fingerprint density at radius 3 is 1.58 bits per heavy atom. The molecule has 4 nitrogen and oxygen atoms in total. The van der Waals surface area contributed by atoms with E-state index in [1.165, 1.54) is 32.1 Å². The number of rotatable bonds is 16. The molecule has 0 spiro atoms. The minimum absolute atomic E-state index is 0.236. The number of amides is 1. The second kappa shape index (κ2) is 16.5. The molecule has 0 aromatic rings. The summed E-state index contributed by atoms with van der Waals surface area (Å²) in [7, 11) is 3.63. The van der Waals surface area contributed by atoms with Crippen LogP contribution in [0.5, 0.6) is 0 Å². The predicted molar refractivity (Wildman–Crippen MR) is 100 cm³/mol. The molecule has 0 aromatic carbocycles. The molecule has 24 heavy (non-hydrogen) atoms. The number of hydrogen-bond acceptors (Lipinski definition) is 2. The average Bonchev–Trinajstić information content (AvgIpc) is 2.53. The van der Waals surface area contributed by atoms with E-state index in [1.807, 2.05) is 14.1 Å². The minimum atomic E-state index is -0.681. The van der Waals surface area contributed by atoms with Crippen LogP contribution >= 0.6 is 0 Å². The quantitative estimate of drug-likeness (QED) is 0.311. The van der Waals surface area contributed by atoms with Crippen molar-refractivity contribution in [1.29, 1.82) is 0 Å². The molecule has 140 valence electrons. The third-order valence-electron chi connectivity index (χ3n) is 4.19. The van der Waals surface area contributed by atoms with Crippen LogP contribution in [0.25, 0.3) is 0 Å². The molecule has 0 saturated carbocycles. The highest BCUT2D eigenvalue weighted by Crippen LogP contribution is 2.10. The molecule has 4 heteroatoms. The summed E-state index contributed by atoms with van der Waals surface area (Å²) in [6.45, 7) is 0. The van der Waals surface area contributed by atoms with E-state index in [0.29, 0.717) is 12.8 Å². The summed E-state index contributed by atoms with van der Waals surface area (Å²) in [6.07, 6.45) is 19.2. The Morgan fingerprint density at radius 2 is 1.12 bits per heavy atom. The molecule has 0 rings (SSSR count). The lowest BCUT2D eigenvalue weighted by atomic mass is 10.1. The summed E-state index contributed by atoms with van der Waals surface area (Å²) < 4.78 is 0. The Balaban J connectivity index is 3.19. The summed E-state index contributed by atoms with van der Waals surface area (Å²) in [6, 6.07) is 0. The highest BCUT2D eigenvalue weighted by Gasteiger charge is 2.02. The molecule has 1 N–H and O–H groups in total. The van der Waals surface area contributed by atoms with E-state index in [-0.39, 0.29) is 5.91 Å². The van der Waals surface area contributed by atoms with Gasteiger partial charge in [0, 0.05) is 26.9 Å². The Bertz CT molecular complexity index is 351. The molecule has 0 atom stereocenters. The van der Waals surface area contributed by atoms with Gasteiger partial charge in [-0.25, -0.2) is 0 Å². The maximum absolute atomic E-state index is 11.4. The van der Waals surface area contributed by atoms with Gasteiger partial charge in [-0.2, -0.15) is 0 Å². The largest absolute Gasteiger partial charge is 0.481 e. The van der Waals surface area contributed by atoms with Gasteiger partial charge < -0.3 is 10.0 Å². The molecular formula is C20H37NO3. The van der Waals surface area contributed by atoms with Crippen LogP contribution in [0, 0.1) is 0 Å². The maximum atomic E-state index is 11.4. The first-order valence-corrected chi connectivity index (χ1v) is 9.61. The maximum Gasteiger partial charge on any atom is 0.303 e. The number of unbranched alkanes of at least 4 members (excludes halogenated alkanes) is 10. The van der Waals surface area contributed by atoms with Crippen molar-refractivity contribution < 1.29 is 14.7 Å². The summed E-state index contributed by atoms with van der Waals surface area (Å²) >= 11 is 0. The van der Waals surface area contributed by atoms with Crippen molar-refractivity contribution >= 4 is 11.9 Å². The number of allylic oxidation sites excluding steroid dienone is 2. The average molecular weight is 340 g/mol. The zero-order valence-electron chi connectivity index (χ0n) is 15.8. The zero-order chi connectivity index (χ0) is 18.0. The SMILES string of the molecule is CN(C)C(=O)CCCCCCC/C=C/CCCCCCCC(=O)O. The number of carboxylic acid groups (broad SMARTS) is 1. The van der Waals surface area contributed by atoms with Gasteiger partial charge in [-0.15, -0.1) is 0 Å². The molecule has 0 unspecified atom stereocenters. The first kappa shape index (κ1) is 22.7. The zero-order valence-corrected chi connectivity index (χ0v) is 15.8. The van der Waals surface area contributed by atoms with Crippen LogP contribution in [0.15, 0.2) is 12.2 Å². The Morgan fingerprint density at radius 1 is 0.708 bits per heavy atom. The van der Waals surface area contributed by atoms with Crippen LogP contribution in [-0.2, 0) is 9.59 Å². The molecule has 0 aliphatic heterocycles. The monoisotopic (exact) mass is 339 g/mol. The van der Waals surface area contributed by atoms with Crippen LogP contribution < -0.4 is 0 Å². The molecule has 0 bridgehead atoms. The minimum Gasteiger partial charge on any atom is -0.481 e. The number of aliphatic carboxylic acids is 1. The fourth-order valence-electron chi connectivity index (χ4n) is 2.60. The number of carboxylic acids is 1. The van der Waals surface area contributed by atoms with E-state index in [4.69, 9.17) is 5.11 Å². The molecule has 0 radical (unpaired) electrons. The van der Waals surface area contributed by atoms with Crippen molar-refractivity contribution in [3.05, 3.63) is 12.2 Å². The number of nitrogens with zero attached hydrogens (tertiary/aromatic N) is 1. The molecule has 1 amide bonds. The summed E-state index contributed by atoms with van der Waals surface area (Å²) in [5.74, 6) is -0.445. The summed E-state index contributed by atoms with van der Waals surface area (Å²) in [5, 5.41) is 8.53. The predicted octanol–water partition coefficient (Wildman–Crippen LogP) is 5.18. The number of carbonyl (C=O) groups is 2. The fraction of sp³-hybridized carbons (Fsp3) is 0.800. The van der Waals surface area contributed by atoms with Gasteiger partial charge in [-0.05, 0) is 38.5 Å². The van der Waals surface area contributed by atoms with Gasteiger partial charge in [-0.1, -0.05) is 50.7 Å². The lowest BCUT2D eigenvalue weighted by molar-refractivity contribution is -0.137. The van der Waals surface area contributed by atoms with Gasteiger partial charge in [0.2, 0.25) is 5.91 Å². The van der Waals surface area contributed by atoms with E-state index in [9.17, 15) is 9.59 Å². The Hall–Kier alpha value is -1.32. The van der Waals surface area contributed by atoms with E-state index < -0.39 is 5.97 Å². The smallest absolute Gasteiger partial charge is 0.303 e. The van der Waals surface area contributed by atoms with Crippen molar-refractivity contribution in [3.8, 4) is 0 Å². The van der Waals surface area contributed by atoms with Gasteiger partial charge >= 0.3 is 5.97 Å². The molecule has 0 aliphatic carbocycles. The van der Waals surface area contributed by atoms with Crippen LogP contribution in [0.2, 0.25) is 0 Å². The first-order chi connectivity index (χ1) is 11.5. The van der Waals surface area contributed by atoms with Crippen molar-refractivity contribution in [3.63, 3.8) is 0 Å². The first-order valence-electron chi connectivity index (χ1n) is 9.61. The van der Waals surface area contributed by atoms with E-state index in [1.54, 1.807) is 4.90 Å². The Kier molecular flexibility index (Phi) is 15.6. The van der Waals surface area contributed by atoms with E-state index >= 15 is 0 Å². The van der Waals surface area contributed by atoms with Crippen molar-refractivity contribution in [1.82, 2.24) is 4.90 Å². The van der Waals surface area contributed by atoms with Crippen LogP contribution in [0.3, 0.4) is 0 Å². The van der Waals surface area contributed by atoms with Gasteiger partial charge in [-0.3, -0.25) is 9.59 Å². The lowest BCUT2D eigenvalue weighted by Crippen LogP contribution is -2.20. The molecule has 0 aliphatic rings. The third-order valence-corrected chi connectivity index (χ3v) is 4.19. The lowest BCUT2D eigenvalue weighted by Gasteiger charge is -2.09. The van der Waals surface area contributed by atoms with Crippen LogP contribution in [-0.4, -0.2) is 36.0 Å².